The minimum Gasteiger partial charge on any atom is -0.456 e. The molecule has 0 amide bonds. The Balaban J connectivity index is 1.02. The molecule has 0 saturated heterocycles. The zero-order valence-corrected chi connectivity index (χ0v) is 29.8. The molecule has 0 aliphatic carbocycles. The highest BCUT2D eigenvalue weighted by molar-refractivity contribution is 6.17. The van der Waals surface area contributed by atoms with E-state index in [0.29, 0.717) is 0 Å². The smallest absolute Gasteiger partial charge is 0.137 e. The third-order valence-electron chi connectivity index (χ3n) is 10.8. The summed E-state index contributed by atoms with van der Waals surface area (Å²) < 4.78 is 12.8. The molecule has 11 rings (SSSR count). The fraction of sp³-hybridized carbons (Fsp3) is 0. The average Bonchev–Trinajstić information content (AvgIpc) is 3.83. The van der Waals surface area contributed by atoms with Crippen LogP contribution in [0.3, 0.4) is 0 Å². The Kier molecular flexibility index (Phi) is 7.17. The van der Waals surface area contributed by atoms with Gasteiger partial charge in [0.2, 0.25) is 0 Å². The van der Waals surface area contributed by atoms with Crippen LogP contribution in [-0.2, 0) is 0 Å². The fourth-order valence-electron chi connectivity index (χ4n) is 8.22. The van der Waals surface area contributed by atoms with Crippen LogP contribution in [0.25, 0.3) is 88.0 Å². The van der Waals surface area contributed by atoms with E-state index in [-0.39, 0.29) is 0 Å². The molecule has 0 N–H and O–H groups in total. The maximum Gasteiger partial charge on any atom is 0.137 e. The van der Waals surface area contributed by atoms with Gasteiger partial charge in [0.25, 0.3) is 0 Å². The molecule has 0 bridgehead atoms. The van der Waals surface area contributed by atoms with E-state index in [1.54, 1.807) is 0 Å². The lowest BCUT2D eigenvalue weighted by Crippen LogP contribution is -2.10. The molecule has 2 heterocycles. The van der Waals surface area contributed by atoms with Crippen molar-refractivity contribution in [2.45, 2.75) is 0 Å². The highest BCUT2D eigenvalue weighted by Crippen LogP contribution is 2.47. The molecule has 0 atom stereocenters. The molecule has 9 aromatic carbocycles. The third kappa shape index (κ3) is 5.28. The van der Waals surface area contributed by atoms with E-state index >= 15 is 0 Å². The number of hydrogen-bond donors (Lipinski definition) is 0. The number of rotatable bonds is 6. The van der Waals surface area contributed by atoms with Gasteiger partial charge < -0.3 is 13.7 Å². The first-order valence-corrected chi connectivity index (χ1v) is 18.7. The second-order valence-corrected chi connectivity index (χ2v) is 14.1. The zero-order chi connectivity index (χ0) is 36.3. The molecule has 3 heteroatoms. The van der Waals surface area contributed by atoms with Gasteiger partial charge in [0.1, 0.15) is 22.3 Å². The van der Waals surface area contributed by atoms with Crippen molar-refractivity contribution in [1.82, 2.24) is 0 Å². The number of anilines is 3. The van der Waals surface area contributed by atoms with Gasteiger partial charge in [-0.15, -0.1) is 0 Å². The molecule has 0 aliphatic rings. The first-order valence-electron chi connectivity index (χ1n) is 18.7. The maximum absolute atomic E-state index is 6.39. The van der Waals surface area contributed by atoms with Crippen LogP contribution in [0.4, 0.5) is 17.1 Å². The van der Waals surface area contributed by atoms with Crippen molar-refractivity contribution in [2.75, 3.05) is 4.90 Å². The van der Waals surface area contributed by atoms with E-state index in [1.165, 1.54) is 33.0 Å². The number of para-hydroxylation sites is 2. The minimum atomic E-state index is 0.853. The first-order chi connectivity index (χ1) is 27.2. The molecule has 0 fully saturated rings. The lowest BCUT2D eigenvalue weighted by Gasteiger charge is -2.27. The van der Waals surface area contributed by atoms with E-state index in [0.717, 1.165) is 72.1 Å². The lowest BCUT2D eigenvalue weighted by molar-refractivity contribution is 0.668. The zero-order valence-electron chi connectivity index (χ0n) is 29.8. The van der Waals surface area contributed by atoms with Crippen LogP contribution in [0, 0.1) is 0 Å². The predicted octanol–water partition coefficient (Wildman–Crippen LogP) is 15.1. The fourth-order valence-corrected chi connectivity index (χ4v) is 8.22. The van der Waals surface area contributed by atoms with Gasteiger partial charge in [0, 0.05) is 16.5 Å². The quantitative estimate of drug-likeness (QED) is 0.173. The number of fused-ring (bicyclic) bond motifs is 7. The van der Waals surface area contributed by atoms with Crippen LogP contribution >= 0.6 is 0 Å². The molecule has 3 nitrogen and oxygen atoms in total. The molecule has 258 valence electrons. The highest BCUT2D eigenvalue weighted by Gasteiger charge is 2.23. The normalized spacial score (nSPS) is 11.6. The molecule has 0 unspecified atom stereocenters. The Morgan fingerprint density at radius 2 is 0.727 bits per heavy atom. The van der Waals surface area contributed by atoms with Gasteiger partial charge in [-0.25, -0.2) is 0 Å². The van der Waals surface area contributed by atoms with Crippen molar-refractivity contribution >= 4 is 71.7 Å². The summed E-state index contributed by atoms with van der Waals surface area (Å²) in [5.41, 5.74) is 13.7. The van der Waals surface area contributed by atoms with Crippen LogP contribution in [-0.4, -0.2) is 0 Å². The number of hydrogen-bond acceptors (Lipinski definition) is 3. The lowest BCUT2D eigenvalue weighted by atomic mass is 9.95. The van der Waals surface area contributed by atoms with Crippen LogP contribution < -0.4 is 4.90 Å². The summed E-state index contributed by atoms with van der Waals surface area (Å²) in [5.74, 6) is 0. The predicted molar refractivity (Wildman–Crippen MR) is 229 cm³/mol. The molecule has 0 spiro atoms. The summed E-state index contributed by atoms with van der Waals surface area (Å²) in [6.07, 6.45) is 0. The molecule has 2 aromatic heterocycles. The number of nitrogens with zero attached hydrogens (tertiary/aromatic N) is 1. The van der Waals surface area contributed by atoms with Crippen LogP contribution in [0.15, 0.2) is 209 Å². The molecule has 0 aliphatic heterocycles. The van der Waals surface area contributed by atoms with Gasteiger partial charge in [-0.1, -0.05) is 133 Å². The van der Waals surface area contributed by atoms with Crippen LogP contribution in [0.2, 0.25) is 0 Å². The Hall–Kier alpha value is -7.36. The van der Waals surface area contributed by atoms with Crippen molar-refractivity contribution < 1.29 is 8.83 Å². The van der Waals surface area contributed by atoms with Crippen LogP contribution in [0.1, 0.15) is 0 Å². The van der Waals surface area contributed by atoms with Crippen molar-refractivity contribution in [3.8, 4) is 33.4 Å². The van der Waals surface area contributed by atoms with E-state index in [2.05, 4.69) is 181 Å². The Bertz CT molecular complexity index is 3110. The largest absolute Gasteiger partial charge is 0.456 e. The number of benzene rings is 9. The van der Waals surface area contributed by atoms with Crippen LogP contribution in [0.5, 0.6) is 0 Å². The Morgan fingerprint density at radius 1 is 0.291 bits per heavy atom. The summed E-state index contributed by atoms with van der Waals surface area (Å²) in [5, 5.41) is 6.82. The summed E-state index contributed by atoms with van der Waals surface area (Å²) in [6, 6.07) is 71.0. The summed E-state index contributed by atoms with van der Waals surface area (Å²) >= 11 is 0. The summed E-state index contributed by atoms with van der Waals surface area (Å²) in [6.45, 7) is 0. The van der Waals surface area contributed by atoms with E-state index < -0.39 is 0 Å². The number of furan rings is 2. The van der Waals surface area contributed by atoms with Crippen molar-refractivity contribution in [2.24, 2.45) is 0 Å². The molecular formula is C52H33NO2. The van der Waals surface area contributed by atoms with E-state index in [9.17, 15) is 0 Å². The Morgan fingerprint density at radius 3 is 1.31 bits per heavy atom. The molecule has 0 saturated carbocycles. The average molecular weight is 704 g/mol. The SMILES string of the molecule is c1cc(-c2ccc(N(c3cccc4oc5ccccc5c34)c3cccc4oc5ccccc5c34)cc2)cc(-c2cccc(-c3ccc4ccccc4c3)c2)c1. The first kappa shape index (κ1) is 31.2. The second kappa shape index (κ2) is 12.6. The molecular weight excluding hydrogens is 671 g/mol. The van der Waals surface area contributed by atoms with E-state index in [4.69, 9.17) is 8.83 Å². The van der Waals surface area contributed by atoms with Gasteiger partial charge >= 0.3 is 0 Å². The van der Waals surface area contributed by atoms with Crippen molar-refractivity contribution in [3.05, 3.63) is 200 Å². The maximum atomic E-state index is 6.39. The summed E-state index contributed by atoms with van der Waals surface area (Å²) in [4.78, 5) is 2.35. The van der Waals surface area contributed by atoms with Crippen molar-refractivity contribution in [1.29, 1.82) is 0 Å². The van der Waals surface area contributed by atoms with Gasteiger partial charge in [0.05, 0.1) is 22.1 Å². The van der Waals surface area contributed by atoms with Gasteiger partial charge in [-0.2, -0.15) is 0 Å². The minimum absolute atomic E-state index is 0.853. The van der Waals surface area contributed by atoms with Gasteiger partial charge in [-0.05, 0) is 111 Å². The monoisotopic (exact) mass is 703 g/mol. The van der Waals surface area contributed by atoms with Gasteiger partial charge in [-0.3, -0.25) is 0 Å². The highest BCUT2D eigenvalue weighted by atomic mass is 16.3. The Labute approximate surface area is 317 Å². The second-order valence-electron chi connectivity index (χ2n) is 14.1. The standard InChI is InChI=1S/C52H33NO2/c1-2-12-36-32-41(26-25-34(36)11-1)40-16-8-15-39(33-40)38-14-7-13-37(31-38)35-27-29-42(30-28-35)53(45-19-9-23-49-51(45)43-17-3-5-21-47(43)54-49)46-20-10-24-50-52(46)44-18-4-6-22-48(44)55-50/h1-33H. The molecule has 11 aromatic rings. The van der Waals surface area contributed by atoms with Crippen molar-refractivity contribution in [3.63, 3.8) is 0 Å². The van der Waals surface area contributed by atoms with Gasteiger partial charge in [0.15, 0.2) is 0 Å². The van der Waals surface area contributed by atoms with E-state index in [1.807, 2.05) is 24.3 Å². The third-order valence-corrected chi connectivity index (χ3v) is 10.8. The molecule has 0 radical (unpaired) electrons. The summed E-state index contributed by atoms with van der Waals surface area (Å²) in [7, 11) is 0. The molecule has 55 heavy (non-hydrogen) atoms. The topological polar surface area (TPSA) is 29.5 Å².